The van der Waals surface area contributed by atoms with Crippen molar-refractivity contribution in [3.63, 3.8) is 0 Å². The fraction of sp³-hybridized carbons (Fsp3) is 0.632. The van der Waals surface area contributed by atoms with Gasteiger partial charge in [0.25, 0.3) is 0 Å². The molecule has 1 saturated heterocycles. The highest BCUT2D eigenvalue weighted by Crippen LogP contribution is 2.46. The van der Waals surface area contributed by atoms with Gasteiger partial charge in [0.1, 0.15) is 0 Å². The van der Waals surface area contributed by atoms with E-state index in [1.807, 2.05) is 30.3 Å². The van der Waals surface area contributed by atoms with Gasteiger partial charge in [0, 0.05) is 30.5 Å². The SMILES string of the molecule is CCNC(=NCC(O)Cc1ccccc1)N1CC(C)(C)C1(C)C.I. The highest BCUT2D eigenvalue weighted by molar-refractivity contribution is 14.0. The van der Waals surface area contributed by atoms with Gasteiger partial charge in [-0.25, -0.2) is 0 Å². The van der Waals surface area contributed by atoms with Crippen LogP contribution in [0, 0.1) is 5.41 Å². The average molecular weight is 445 g/mol. The van der Waals surface area contributed by atoms with Gasteiger partial charge in [-0.2, -0.15) is 0 Å². The normalized spacial score (nSPS) is 19.9. The van der Waals surface area contributed by atoms with E-state index in [0.717, 1.165) is 24.6 Å². The van der Waals surface area contributed by atoms with Crippen LogP contribution in [-0.2, 0) is 6.42 Å². The van der Waals surface area contributed by atoms with E-state index < -0.39 is 6.10 Å². The third kappa shape index (κ3) is 4.63. The molecule has 0 saturated carbocycles. The Kier molecular flexibility index (Phi) is 7.53. The van der Waals surface area contributed by atoms with Crippen molar-refractivity contribution >= 4 is 29.9 Å². The molecule has 1 aromatic carbocycles. The molecule has 0 aromatic heterocycles. The molecule has 1 aromatic rings. The zero-order chi connectivity index (χ0) is 17.1. The van der Waals surface area contributed by atoms with Crippen molar-refractivity contribution in [1.29, 1.82) is 0 Å². The minimum atomic E-state index is -0.455. The van der Waals surface area contributed by atoms with Crippen LogP contribution in [0.4, 0.5) is 0 Å². The van der Waals surface area contributed by atoms with E-state index in [4.69, 9.17) is 0 Å². The minimum absolute atomic E-state index is 0. The summed E-state index contributed by atoms with van der Waals surface area (Å²) < 4.78 is 0. The second kappa shape index (κ2) is 8.52. The lowest BCUT2D eigenvalue weighted by Crippen LogP contribution is -2.72. The van der Waals surface area contributed by atoms with Crippen molar-refractivity contribution in [2.75, 3.05) is 19.6 Å². The molecule has 5 heteroatoms. The molecule has 0 bridgehead atoms. The van der Waals surface area contributed by atoms with Gasteiger partial charge in [0.2, 0.25) is 0 Å². The predicted molar refractivity (Wildman–Crippen MR) is 112 cm³/mol. The smallest absolute Gasteiger partial charge is 0.194 e. The molecule has 2 rings (SSSR count). The number of aliphatic imine (C=N–C) groups is 1. The molecule has 0 spiro atoms. The first-order valence-electron chi connectivity index (χ1n) is 8.56. The van der Waals surface area contributed by atoms with E-state index in [-0.39, 0.29) is 34.9 Å². The number of aliphatic hydroxyl groups is 1. The fourth-order valence-electron chi connectivity index (χ4n) is 2.94. The van der Waals surface area contributed by atoms with E-state index >= 15 is 0 Å². The molecule has 1 fully saturated rings. The van der Waals surface area contributed by atoms with Gasteiger partial charge in [-0.05, 0) is 26.3 Å². The lowest BCUT2D eigenvalue weighted by molar-refractivity contribution is -0.0668. The largest absolute Gasteiger partial charge is 0.391 e. The molecule has 0 amide bonds. The summed E-state index contributed by atoms with van der Waals surface area (Å²) in [6.07, 6.45) is 0.182. The molecule has 24 heavy (non-hydrogen) atoms. The van der Waals surface area contributed by atoms with Crippen LogP contribution in [0.1, 0.15) is 40.2 Å². The van der Waals surface area contributed by atoms with E-state index in [0.29, 0.717) is 13.0 Å². The third-order valence-corrected chi connectivity index (χ3v) is 5.24. The van der Waals surface area contributed by atoms with Gasteiger partial charge < -0.3 is 15.3 Å². The molecule has 1 unspecified atom stereocenters. The first kappa shape index (κ1) is 21.2. The van der Waals surface area contributed by atoms with Crippen molar-refractivity contribution in [2.45, 2.75) is 52.7 Å². The number of hydrogen-bond donors (Lipinski definition) is 2. The first-order chi connectivity index (χ1) is 10.8. The number of likely N-dealkylation sites (tertiary alicyclic amines) is 1. The zero-order valence-corrected chi connectivity index (χ0v) is 17.9. The Morgan fingerprint density at radius 2 is 1.88 bits per heavy atom. The second-order valence-electron chi connectivity index (χ2n) is 7.57. The summed E-state index contributed by atoms with van der Waals surface area (Å²) in [6.45, 7) is 13.4. The van der Waals surface area contributed by atoms with Gasteiger partial charge in [0.05, 0.1) is 12.6 Å². The Morgan fingerprint density at radius 3 is 2.38 bits per heavy atom. The molecular weight excluding hydrogens is 413 g/mol. The van der Waals surface area contributed by atoms with Gasteiger partial charge >= 0.3 is 0 Å². The Balaban J connectivity index is 0.00000288. The second-order valence-corrected chi connectivity index (χ2v) is 7.57. The van der Waals surface area contributed by atoms with E-state index in [2.05, 4.69) is 49.8 Å². The number of rotatable bonds is 5. The van der Waals surface area contributed by atoms with Crippen LogP contribution in [0.25, 0.3) is 0 Å². The van der Waals surface area contributed by atoms with Crippen LogP contribution in [0.3, 0.4) is 0 Å². The number of guanidine groups is 1. The van der Waals surface area contributed by atoms with Crippen LogP contribution in [-0.4, -0.2) is 47.2 Å². The number of nitrogens with one attached hydrogen (secondary N) is 1. The fourth-order valence-corrected chi connectivity index (χ4v) is 2.94. The highest BCUT2D eigenvalue weighted by atomic mass is 127. The van der Waals surface area contributed by atoms with Gasteiger partial charge in [0.15, 0.2) is 5.96 Å². The van der Waals surface area contributed by atoms with Crippen molar-refractivity contribution in [1.82, 2.24) is 10.2 Å². The molecule has 1 aliphatic rings. The Morgan fingerprint density at radius 1 is 1.25 bits per heavy atom. The summed E-state index contributed by atoms with van der Waals surface area (Å²) in [5, 5.41) is 13.6. The van der Waals surface area contributed by atoms with E-state index in [9.17, 15) is 5.11 Å². The lowest BCUT2D eigenvalue weighted by Gasteiger charge is -2.62. The van der Waals surface area contributed by atoms with Crippen molar-refractivity contribution in [3.8, 4) is 0 Å². The molecule has 0 radical (unpaired) electrons. The molecule has 1 heterocycles. The molecule has 1 atom stereocenters. The molecular formula is C19H32IN3O. The number of hydrogen-bond acceptors (Lipinski definition) is 2. The summed E-state index contributed by atoms with van der Waals surface area (Å²) in [5.74, 6) is 0.906. The average Bonchev–Trinajstić information content (AvgIpc) is 2.50. The van der Waals surface area contributed by atoms with E-state index in [1.165, 1.54) is 0 Å². The number of halogens is 1. The van der Waals surface area contributed by atoms with Crippen LogP contribution in [0.15, 0.2) is 35.3 Å². The van der Waals surface area contributed by atoms with Gasteiger partial charge in [-0.3, -0.25) is 4.99 Å². The summed E-state index contributed by atoms with van der Waals surface area (Å²) in [5.41, 5.74) is 1.48. The first-order valence-corrected chi connectivity index (χ1v) is 8.56. The number of nitrogens with zero attached hydrogens (tertiary/aromatic N) is 2. The Bertz CT molecular complexity index is 543. The maximum atomic E-state index is 10.3. The highest BCUT2D eigenvalue weighted by Gasteiger charge is 2.53. The lowest BCUT2D eigenvalue weighted by atomic mass is 9.65. The maximum Gasteiger partial charge on any atom is 0.194 e. The van der Waals surface area contributed by atoms with Crippen LogP contribution < -0.4 is 5.32 Å². The van der Waals surface area contributed by atoms with Crippen LogP contribution >= 0.6 is 24.0 Å². The van der Waals surface area contributed by atoms with Crippen LogP contribution in [0.5, 0.6) is 0 Å². The van der Waals surface area contributed by atoms with Gasteiger partial charge in [-0.15, -0.1) is 24.0 Å². The zero-order valence-electron chi connectivity index (χ0n) is 15.5. The monoisotopic (exact) mass is 445 g/mol. The summed E-state index contributed by atoms with van der Waals surface area (Å²) >= 11 is 0. The van der Waals surface area contributed by atoms with Crippen molar-refractivity contribution in [2.24, 2.45) is 10.4 Å². The molecule has 0 aliphatic carbocycles. The molecule has 136 valence electrons. The van der Waals surface area contributed by atoms with Crippen LogP contribution in [0.2, 0.25) is 0 Å². The van der Waals surface area contributed by atoms with Crippen molar-refractivity contribution < 1.29 is 5.11 Å². The van der Waals surface area contributed by atoms with Gasteiger partial charge in [-0.1, -0.05) is 44.2 Å². The maximum absolute atomic E-state index is 10.3. The minimum Gasteiger partial charge on any atom is -0.391 e. The molecule has 2 N–H and O–H groups in total. The topological polar surface area (TPSA) is 47.9 Å². The Labute approximate surface area is 163 Å². The number of benzene rings is 1. The molecule has 1 aliphatic heterocycles. The summed E-state index contributed by atoms with van der Waals surface area (Å²) in [7, 11) is 0. The molecule has 4 nitrogen and oxygen atoms in total. The Hall–Kier alpha value is -0.820. The quantitative estimate of drug-likeness (QED) is 0.416. The third-order valence-electron chi connectivity index (χ3n) is 5.24. The van der Waals surface area contributed by atoms with Crippen molar-refractivity contribution in [3.05, 3.63) is 35.9 Å². The standard InChI is InChI=1S/C19H31N3O.HI/c1-6-20-17(22-14-18(2,3)19(22,4)5)21-13-16(23)12-15-10-8-7-9-11-15;/h7-11,16,23H,6,12-14H2,1-5H3,(H,20,21);1H. The summed E-state index contributed by atoms with van der Waals surface area (Å²) in [6, 6.07) is 10.1. The number of aliphatic hydroxyl groups excluding tert-OH is 1. The predicted octanol–water partition coefficient (Wildman–Crippen LogP) is 3.29. The summed E-state index contributed by atoms with van der Waals surface area (Å²) in [4.78, 5) is 6.99. The van der Waals surface area contributed by atoms with E-state index in [1.54, 1.807) is 0 Å².